The fourth-order valence-corrected chi connectivity index (χ4v) is 2.25. The van der Waals surface area contributed by atoms with Gasteiger partial charge in [0.25, 0.3) is 5.92 Å². The van der Waals surface area contributed by atoms with E-state index in [1.54, 1.807) is 0 Å². The van der Waals surface area contributed by atoms with Gasteiger partial charge in [0.2, 0.25) is 0 Å². The maximum absolute atomic E-state index is 13.9. The van der Waals surface area contributed by atoms with E-state index in [2.05, 4.69) is 5.32 Å². The molecule has 1 aliphatic rings. The molecule has 100 valence electrons. The van der Waals surface area contributed by atoms with Gasteiger partial charge in [-0.25, -0.2) is 17.6 Å². The zero-order valence-electron chi connectivity index (χ0n) is 9.86. The summed E-state index contributed by atoms with van der Waals surface area (Å²) in [6, 6.07) is 2.01. The third-order valence-corrected chi connectivity index (χ3v) is 3.26. The molecule has 0 aliphatic carbocycles. The lowest BCUT2D eigenvalue weighted by Gasteiger charge is -2.27. The Kier molecular flexibility index (Phi) is 3.90. The van der Waals surface area contributed by atoms with Crippen LogP contribution in [0, 0.1) is 11.6 Å². The molecule has 2 rings (SSSR count). The van der Waals surface area contributed by atoms with Crippen LogP contribution >= 0.6 is 0 Å². The first-order valence-corrected chi connectivity index (χ1v) is 6.06. The number of hydrogen-bond acceptors (Lipinski definition) is 1. The summed E-state index contributed by atoms with van der Waals surface area (Å²) in [6.07, 6.45) is 2.23. The Morgan fingerprint density at radius 2 is 1.94 bits per heavy atom. The van der Waals surface area contributed by atoms with E-state index in [9.17, 15) is 17.6 Å². The van der Waals surface area contributed by atoms with E-state index in [0.717, 1.165) is 31.5 Å². The van der Waals surface area contributed by atoms with Gasteiger partial charge < -0.3 is 5.32 Å². The molecule has 1 aromatic rings. The first-order valence-electron chi connectivity index (χ1n) is 6.06. The first kappa shape index (κ1) is 13.3. The van der Waals surface area contributed by atoms with Crippen molar-refractivity contribution in [3.05, 3.63) is 35.4 Å². The maximum Gasteiger partial charge on any atom is 0.274 e. The Balaban J connectivity index is 2.10. The minimum Gasteiger partial charge on any atom is -0.314 e. The highest BCUT2D eigenvalue weighted by Gasteiger charge is 2.35. The van der Waals surface area contributed by atoms with Gasteiger partial charge in [-0.3, -0.25) is 0 Å². The highest BCUT2D eigenvalue weighted by atomic mass is 19.3. The normalized spacial score (nSPS) is 21.0. The second-order valence-electron chi connectivity index (χ2n) is 4.68. The van der Waals surface area contributed by atoms with Gasteiger partial charge in [0.1, 0.15) is 0 Å². The first-order chi connectivity index (χ1) is 8.49. The zero-order valence-corrected chi connectivity index (χ0v) is 9.86. The summed E-state index contributed by atoms with van der Waals surface area (Å²) >= 11 is 0. The molecular formula is C13H15F4N. The molecule has 5 heteroatoms. The van der Waals surface area contributed by atoms with Crippen molar-refractivity contribution < 1.29 is 17.6 Å². The van der Waals surface area contributed by atoms with E-state index in [-0.39, 0.29) is 12.5 Å². The Morgan fingerprint density at radius 3 is 2.56 bits per heavy atom. The van der Waals surface area contributed by atoms with Crippen LogP contribution < -0.4 is 5.32 Å². The molecule has 0 saturated carbocycles. The molecule has 0 amide bonds. The van der Waals surface area contributed by atoms with E-state index >= 15 is 0 Å². The van der Waals surface area contributed by atoms with Crippen molar-refractivity contribution >= 4 is 0 Å². The smallest absolute Gasteiger partial charge is 0.274 e. The van der Waals surface area contributed by atoms with Gasteiger partial charge in [0.05, 0.1) is 0 Å². The molecule has 1 atom stereocenters. The maximum atomic E-state index is 13.9. The predicted octanol–water partition coefficient (Wildman–Crippen LogP) is 3.59. The highest BCUT2D eigenvalue weighted by molar-refractivity contribution is 5.22. The van der Waals surface area contributed by atoms with Crippen LogP contribution in [0.1, 0.15) is 31.2 Å². The molecule has 1 N–H and O–H groups in total. The molecular weight excluding hydrogens is 246 g/mol. The molecule has 0 radical (unpaired) electrons. The van der Waals surface area contributed by atoms with Crippen LogP contribution in [0.4, 0.5) is 17.6 Å². The highest BCUT2D eigenvalue weighted by Crippen LogP contribution is 2.35. The van der Waals surface area contributed by atoms with Gasteiger partial charge in [-0.05, 0) is 37.6 Å². The molecule has 0 spiro atoms. The quantitative estimate of drug-likeness (QED) is 0.820. The summed E-state index contributed by atoms with van der Waals surface area (Å²) in [5, 5.41) is 3.02. The van der Waals surface area contributed by atoms with Crippen LogP contribution in [0.3, 0.4) is 0 Å². The van der Waals surface area contributed by atoms with Crippen LogP contribution in [0.5, 0.6) is 0 Å². The predicted molar refractivity (Wildman–Crippen MR) is 60.5 cm³/mol. The number of halogens is 4. The van der Waals surface area contributed by atoms with Crippen LogP contribution in [0.25, 0.3) is 0 Å². The van der Waals surface area contributed by atoms with Gasteiger partial charge >= 0.3 is 0 Å². The lowest BCUT2D eigenvalue weighted by Crippen LogP contribution is -2.38. The van der Waals surface area contributed by atoms with E-state index in [1.165, 1.54) is 0 Å². The molecule has 18 heavy (non-hydrogen) atoms. The van der Waals surface area contributed by atoms with E-state index in [1.807, 2.05) is 0 Å². The topological polar surface area (TPSA) is 12.0 Å². The minimum absolute atomic E-state index is 0.262. The molecule has 1 aromatic carbocycles. The average Bonchev–Trinajstić information content (AvgIpc) is 2.33. The summed E-state index contributed by atoms with van der Waals surface area (Å²) in [6.45, 7) is 0.735. The molecule has 1 saturated heterocycles. The summed E-state index contributed by atoms with van der Waals surface area (Å²) in [5.74, 6) is -5.47. The van der Waals surface area contributed by atoms with Gasteiger partial charge in [-0.2, -0.15) is 0 Å². The van der Waals surface area contributed by atoms with Gasteiger partial charge in [-0.15, -0.1) is 0 Å². The van der Waals surface area contributed by atoms with Crippen molar-refractivity contribution in [3.63, 3.8) is 0 Å². The van der Waals surface area contributed by atoms with Crippen LogP contribution in [0.15, 0.2) is 18.2 Å². The van der Waals surface area contributed by atoms with E-state index in [0.29, 0.717) is 12.5 Å². The molecule has 0 aromatic heterocycles. The van der Waals surface area contributed by atoms with E-state index < -0.39 is 23.1 Å². The van der Waals surface area contributed by atoms with Crippen molar-refractivity contribution in [2.24, 2.45) is 0 Å². The number of alkyl halides is 2. The fraction of sp³-hybridized carbons (Fsp3) is 0.538. The largest absolute Gasteiger partial charge is 0.314 e. The van der Waals surface area contributed by atoms with E-state index in [4.69, 9.17) is 0 Å². The van der Waals surface area contributed by atoms with Crippen molar-refractivity contribution in [2.75, 3.05) is 6.54 Å². The molecule has 1 heterocycles. The van der Waals surface area contributed by atoms with Gasteiger partial charge in [0, 0.05) is 18.0 Å². The average molecular weight is 261 g/mol. The third-order valence-electron chi connectivity index (χ3n) is 3.26. The summed E-state index contributed by atoms with van der Waals surface area (Å²) < 4.78 is 53.5. The lowest BCUT2D eigenvalue weighted by atomic mass is 9.95. The lowest BCUT2D eigenvalue weighted by molar-refractivity contribution is -0.0256. The fourth-order valence-electron chi connectivity index (χ4n) is 2.25. The molecule has 1 aliphatic heterocycles. The summed E-state index contributed by atoms with van der Waals surface area (Å²) in [4.78, 5) is 0. The van der Waals surface area contributed by atoms with Crippen molar-refractivity contribution in [1.82, 2.24) is 5.32 Å². The zero-order chi connectivity index (χ0) is 13.2. The van der Waals surface area contributed by atoms with Gasteiger partial charge in [0.15, 0.2) is 11.6 Å². The second kappa shape index (κ2) is 5.26. The standard InChI is InChI=1S/C13H15F4N/c14-11-5-4-9(7-12(11)15)13(16,17)8-10-3-1-2-6-18-10/h4-5,7,10,18H,1-3,6,8H2. The Labute approximate surface area is 103 Å². The number of piperidine rings is 1. The number of hydrogen-bond donors (Lipinski definition) is 1. The molecule has 0 bridgehead atoms. The SMILES string of the molecule is Fc1ccc(C(F)(F)CC2CCCCN2)cc1F. The van der Waals surface area contributed by atoms with Crippen molar-refractivity contribution in [3.8, 4) is 0 Å². The molecule has 1 unspecified atom stereocenters. The van der Waals surface area contributed by atoms with Crippen molar-refractivity contribution in [2.45, 2.75) is 37.6 Å². The van der Waals surface area contributed by atoms with Crippen LogP contribution in [-0.2, 0) is 5.92 Å². The second-order valence-corrected chi connectivity index (χ2v) is 4.68. The molecule has 1 fully saturated rings. The third kappa shape index (κ3) is 3.02. The van der Waals surface area contributed by atoms with Crippen LogP contribution in [0.2, 0.25) is 0 Å². The molecule has 1 nitrogen and oxygen atoms in total. The Bertz CT molecular complexity index is 413. The Hall–Kier alpha value is -1.10. The monoisotopic (exact) mass is 261 g/mol. The van der Waals surface area contributed by atoms with Crippen LogP contribution in [-0.4, -0.2) is 12.6 Å². The number of rotatable bonds is 3. The minimum atomic E-state index is -3.14. The Morgan fingerprint density at radius 1 is 1.17 bits per heavy atom. The summed E-state index contributed by atoms with van der Waals surface area (Å²) in [7, 11) is 0. The number of benzene rings is 1. The summed E-state index contributed by atoms with van der Waals surface area (Å²) in [5.41, 5.74) is -0.464. The number of nitrogens with one attached hydrogen (secondary N) is 1. The van der Waals surface area contributed by atoms with Gasteiger partial charge in [-0.1, -0.05) is 6.42 Å². The van der Waals surface area contributed by atoms with Crippen molar-refractivity contribution in [1.29, 1.82) is 0 Å².